The third kappa shape index (κ3) is 30.0. The Hall–Kier alpha value is -3.10. The minimum atomic E-state index is -4.97. The Morgan fingerprint density at radius 1 is 0.774 bits per heavy atom. The summed E-state index contributed by atoms with van der Waals surface area (Å²) < 4.78 is 70.2. The average Bonchev–Trinajstić information content (AvgIpc) is 2.97. The van der Waals surface area contributed by atoms with E-state index in [4.69, 9.17) is 33.6 Å². The molecule has 0 aliphatic heterocycles. The van der Waals surface area contributed by atoms with Crippen LogP contribution in [0.5, 0.6) is 0 Å². The van der Waals surface area contributed by atoms with Crippen molar-refractivity contribution in [3.8, 4) is 0 Å². The zero-order valence-electron chi connectivity index (χ0n) is 31.7. The first-order valence-corrected chi connectivity index (χ1v) is 20.8. The molecule has 2 unspecified atom stereocenters. The van der Waals surface area contributed by atoms with Gasteiger partial charge in [0.15, 0.2) is 6.10 Å². The van der Waals surface area contributed by atoms with E-state index in [2.05, 4.69) is 21.4 Å². The molecule has 24 heteroatoms. The maximum absolute atomic E-state index is 11.9. The van der Waals surface area contributed by atoms with E-state index in [1.165, 1.54) is 10.2 Å². The van der Waals surface area contributed by atoms with E-state index in [0.29, 0.717) is 19.4 Å². The molecule has 53 heavy (non-hydrogen) atoms. The molecule has 3 amide bonds. The zero-order valence-corrected chi connectivity index (χ0v) is 34.3. The van der Waals surface area contributed by atoms with Gasteiger partial charge in [0.25, 0.3) is 10.1 Å². The maximum atomic E-state index is 11.9. The van der Waals surface area contributed by atoms with Gasteiger partial charge in [0, 0.05) is 5.92 Å². The van der Waals surface area contributed by atoms with Crippen LogP contribution in [0.3, 0.4) is 0 Å². The van der Waals surface area contributed by atoms with E-state index >= 15 is 0 Å². The summed E-state index contributed by atoms with van der Waals surface area (Å²) in [5.74, 6) is -1.69. The van der Waals surface area contributed by atoms with Crippen LogP contribution < -0.4 is 15.5 Å². The van der Waals surface area contributed by atoms with Crippen LogP contribution in [0.2, 0.25) is 0 Å². The standard InChI is InChI=1S/C11H22N2O12P2.C9H19NO4S.C9H16O2/c1-4-11(2,3)8(14)23-5-7(25-10(16)13-27(20,21)22)6-24-9(15)12-26(17,18)19;1-5-7(2)8(11)10-9(3,4)6-15(12,13)14;1-5-7-11-8(10)9(3,4)6-2/h7H,4-6H2,1-3H3,(H3,12,15,17,18,19)(H3,13,16,20,21,22);7H,5-6H2,1-4H3,(H,10,11)(H,12,13,14);5H,1,6-7H2,2-4H3. The number of hydrogen-bond donors (Lipinski definition) is 8. The highest BCUT2D eigenvalue weighted by Gasteiger charge is 2.31. The molecule has 0 saturated heterocycles. The van der Waals surface area contributed by atoms with Gasteiger partial charge in [-0.3, -0.25) is 18.9 Å². The first-order valence-electron chi connectivity index (χ1n) is 15.9. The van der Waals surface area contributed by atoms with Crippen LogP contribution in [0.25, 0.3) is 0 Å². The lowest BCUT2D eigenvalue weighted by Crippen LogP contribution is -2.49. The molecule has 0 aromatic heterocycles. The number of carbonyl (C=O) groups excluding carboxylic acids is 5. The van der Waals surface area contributed by atoms with Gasteiger partial charge in [0.1, 0.15) is 19.8 Å². The van der Waals surface area contributed by atoms with E-state index in [1.54, 1.807) is 47.6 Å². The lowest BCUT2D eigenvalue weighted by Gasteiger charge is -2.26. The lowest BCUT2D eigenvalue weighted by atomic mass is 9.91. The Kier molecular flexibility index (Phi) is 24.2. The maximum Gasteiger partial charge on any atom is 0.432 e. The predicted octanol–water partition coefficient (Wildman–Crippen LogP) is 2.94. The minimum absolute atomic E-state index is 0.153. The van der Waals surface area contributed by atoms with Crippen molar-refractivity contribution in [2.45, 2.75) is 100 Å². The number of rotatable bonds is 18. The summed E-state index contributed by atoms with van der Waals surface area (Å²) >= 11 is 0. The van der Waals surface area contributed by atoms with Crippen molar-refractivity contribution >= 4 is 55.6 Å². The summed E-state index contributed by atoms with van der Waals surface area (Å²) in [5.41, 5.74) is -2.19. The number of nitrogens with one attached hydrogen (secondary N) is 3. The van der Waals surface area contributed by atoms with Crippen LogP contribution in [0.1, 0.15) is 88.5 Å². The number of esters is 2. The molecule has 0 aromatic rings. The largest absolute Gasteiger partial charge is 0.461 e. The third-order valence-corrected chi connectivity index (χ3v) is 8.85. The van der Waals surface area contributed by atoms with Crippen molar-refractivity contribution in [1.29, 1.82) is 0 Å². The molecule has 0 bridgehead atoms. The average molecular weight is 830 g/mol. The number of hydrogen-bond acceptors (Lipinski definition) is 13. The molecule has 2 atom stereocenters. The summed E-state index contributed by atoms with van der Waals surface area (Å²) in [7, 11) is -14.0. The molecule has 0 aliphatic rings. The fourth-order valence-electron chi connectivity index (χ4n) is 2.85. The summed E-state index contributed by atoms with van der Waals surface area (Å²) in [6.07, 6.45) is -1.21. The SMILES string of the molecule is C=CCOC(=O)C(C)(C)CC.CCC(C)(C)C(=O)OCC(COC(=O)NP(=O)(O)O)OC(=O)NP(=O)(O)O.CCC(C)C(=O)NC(C)(C)CS(=O)(=O)O. The Morgan fingerprint density at radius 3 is 1.57 bits per heavy atom. The smallest absolute Gasteiger partial charge is 0.432 e. The molecule has 312 valence electrons. The highest BCUT2D eigenvalue weighted by Crippen LogP contribution is 2.29. The Morgan fingerprint density at radius 2 is 1.19 bits per heavy atom. The highest BCUT2D eigenvalue weighted by molar-refractivity contribution is 7.85. The number of carbonyl (C=O) groups is 5. The summed E-state index contributed by atoms with van der Waals surface area (Å²) in [5, 5.41) is 4.96. The van der Waals surface area contributed by atoms with E-state index in [1.807, 2.05) is 27.7 Å². The highest BCUT2D eigenvalue weighted by atomic mass is 32.2. The zero-order chi connectivity index (χ0) is 42.6. The molecule has 0 spiro atoms. The molecule has 0 aliphatic carbocycles. The summed E-state index contributed by atoms with van der Waals surface area (Å²) in [6, 6.07) is 0. The molecule has 0 heterocycles. The molecule has 0 fully saturated rings. The van der Waals surface area contributed by atoms with Gasteiger partial charge in [-0.15, -0.1) is 0 Å². The topological polar surface area (TPSA) is 328 Å². The predicted molar refractivity (Wildman–Crippen MR) is 190 cm³/mol. The van der Waals surface area contributed by atoms with Crippen molar-refractivity contribution in [2.75, 3.05) is 25.6 Å². The Labute approximate surface area is 310 Å². The van der Waals surface area contributed by atoms with Gasteiger partial charge in [0.05, 0.1) is 22.1 Å². The lowest BCUT2D eigenvalue weighted by molar-refractivity contribution is -0.157. The van der Waals surface area contributed by atoms with Gasteiger partial charge >= 0.3 is 39.6 Å². The van der Waals surface area contributed by atoms with Crippen molar-refractivity contribution in [3.05, 3.63) is 12.7 Å². The molecule has 8 N–H and O–H groups in total. The summed E-state index contributed by atoms with van der Waals surface area (Å²) in [4.78, 5) is 91.6. The third-order valence-electron chi connectivity index (χ3n) is 6.82. The second-order valence-corrected chi connectivity index (χ2v) is 17.4. The quantitative estimate of drug-likeness (QED) is 0.0324. The van der Waals surface area contributed by atoms with Crippen molar-refractivity contribution in [1.82, 2.24) is 15.5 Å². The second kappa shape index (κ2) is 23.6. The second-order valence-electron chi connectivity index (χ2n) is 13.3. The fraction of sp³-hybridized carbons (Fsp3) is 0.759. The van der Waals surface area contributed by atoms with Crippen molar-refractivity contribution in [3.63, 3.8) is 0 Å². The number of amides is 3. The minimum Gasteiger partial charge on any atom is -0.461 e. The molecule has 0 saturated carbocycles. The van der Waals surface area contributed by atoms with Crippen molar-refractivity contribution < 1.29 is 84.6 Å². The molecule has 0 radical (unpaired) electrons. The van der Waals surface area contributed by atoms with Crippen LogP contribution in [0.15, 0.2) is 12.7 Å². The van der Waals surface area contributed by atoms with Crippen LogP contribution in [0, 0.1) is 16.7 Å². The van der Waals surface area contributed by atoms with Gasteiger partial charge in [0.2, 0.25) is 5.91 Å². The molecule has 0 aromatic carbocycles. The van der Waals surface area contributed by atoms with Gasteiger partial charge in [-0.1, -0.05) is 40.3 Å². The van der Waals surface area contributed by atoms with Crippen LogP contribution in [-0.2, 0) is 52.6 Å². The number of ether oxygens (including phenoxy) is 4. The van der Waals surface area contributed by atoms with Gasteiger partial charge in [-0.05, 0) is 60.8 Å². The van der Waals surface area contributed by atoms with E-state index in [0.717, 1.165) is 6.42 Å². The van der Waals surface area contributed by atoms with E-state index in [-0.39, 0.29) is 23.2 Å². The molecule has 0 rings (SSSR count). The van der Waals surface area contributed by atoms with E-state index in [9.17, 15) is 41.5 Å². The van der Waals surface area contributed by atoms with Crippen LogP contribution in [-0.4, -0.2) is 99.8 Å². The van der Waals surface area contributed by atoms with Gasteiger partial charge in [-0.2, -0.15) is 8.42 Å². The Balaban J connectivity index is -0.000000803. The molecular formula is C29H57N3O18P2S. The van der Waals surface area contributed by atoms with Crippen LogP contribution >= 0.6 is 15.5 Å². The fourth-order valence-corrected chi connectivity index (χ4v) is 4.43. The summed E-state index contributed by atoms with van der Waals surface area (Å²) in [6.45, 7) is 19.6. The monoisotopic (exact) mass is 829 g/mol. The van der Waals surface area contributed by atoms with Crippen LogP contribution in [0.4, 0.5) is 9.59 Å². The van der Waals surface area contributed by atoms with Gasteiger partial charge < -0.3 is 43.8 Å². The molecular weight excluding hydrogens is 772 g/mol. The first kappa shape index (κ1) is 54.2. The van der Waals surface area contributed by atoms with E-state index < -0.39 is 79.8 Å². The Bertz CT molecular complexity index is 1420. The normalized spacial score (nSPS) is 13.2. The van der Waals surface area contributed by atoms with Crippen molar-refractivity contribution in [2.24, 2.45) is 16.7 Å². The first-order chi connectivity index (χ1) is 23.7. The molecule has 21 nitrogen and oxygen atoms in total. The van der Waals surface area contributed by atoms with Gasteiger partial charge in [-0.25, -0.2) is 28.9 Å².